The monoisotopic (exact) mass is 366 g/mol. The van der Waals surface area contributed by atoms with Gasteiger partial charge in [0.25, 0.3) is 0 Å². The van der Waals surface area contributed by atoms with E-state index >= 15 is 0 Å². The second-order valence-electron chi connectivity index (χ2n) is 6.31. The molecule has 1 aromatic heterocycles. The van der Waals surface area contributed by atoms with E-state index in [2.05, 4.69) is 15.7 Å². The van der Waals surface area contributed by atoms with Crippen LogP contribution >= 0.6 is 12.4 Å². The van der Waals surface area contributed by atoms with Crippen molar-refractivity contribution in [2.45, 2.75) is 45.2 Å². The van der Waals surface area contributed by atoms with Gasteiger partial charge in [-0.3, -0.25) is 4.79 Å². The molecule has 0 saturated carbocycles. The van der Waals surface area contributed by atoms with Crippen LogP contribution in [-0.2, 0) is 4.79 Å². The lowest BCUT2D eigenvalue weighted by molar-refractivity contribution is -0.124. The first-order valence-corrected chi connectivity index (χ1v) is 8.40. The molecule has 1 aliphatic heterocycles. The Bertz CT molecular complexity index is 710. The smallest absolute Gasteiger partial charge is 0.237 e. The lowest BCUT2D eigenvalue weighted by Crippen LogP contribution is -2.47. The zero-order chi connectivity index (χ0) is 17.1. The standard InChI is InChI=1S/C18H23FN4O.ClH/c1-12(22-18(24)17-5-3-4-10-20-17)16-11-21-23(13(16)2)15-8-6-14(19)7-9-15;/h6-9,11-12,17,20H,3-5,10H2,1-2H3,(H,22,24);1H. The number of nitrogens with zero attached hydrogens (tertiary/aromatic N) is 2. The first kappa shape index (κ1) is 19.4. The van der Waals surface area contributed by atoms with Gasteiger partial charge in [0, 0.05) is 11.3 Å². The highest BCUT2D eigenvalue weighted by Crippen LogP contribution is 2.21. The van der Waals surface area contributed by atoms with E-state index in [4.69, 9.17) is 0 Å². The van der Waals surface area contributed by atoms with Gasteiger partial charge in [-0.15, -0.1) is 12.4 Å². The van der Waals surface area contributed by atoms with Crippen molar-refractivity contribution in [2.75, 3.05) is 6.54 Å². The number of carbonyl (C=O) groups excluding carboxylic acids is 1. The maximum Gasteiger partial charge on any atom is 0.237 e. The molecule has 2 atom stereocenters. The molecule has 0 spiro atoms. The number of hydrogen-bond acceptors (Lipinski definition) is 3. The fourth-order valence-corrected chi connectivity index (χ4v) is 3.16. The molecule has 2 aromatic rings. The summed E-state index contributed by atoms with van der Waals surface area (Å²) in [4.78, 5) is 12.4. The summed E-state index contributed by atoms with van der Waals surface area (Å²) >= 11 is 0. The summed E-state index contributed by atoms with van der Waals surface area (Å²) in [6.45, 7) is 4.81. The van der Waals surface area contributed by atoms with E-state index in [1.54, 1.807) is 23.0 Å². The average Bonchev–Trinajstić information content (AvgIpc) is 2.98. The zero-order valence-electron chi connectivity index (χ0n) is 14.5. The van der Waals surface area contributed by atoms with Crippen LogP contribution < -0.4 is 10.6 Å². The maximum atomic E-state index is 13.1. The minimum atomic E-state index is -0.274. The van der Waals surface area contributed by atoms with E-state index < -0.39 is 0 Å². The van der Waals surface area contributed by atoms with Crippen LogP contribution in [0.3, 0.4) is 0 Å². The van der Waals surface area contributed by atoms with E-state index in [1.165, 1.54) is 12.1 Å². The number of carbonyl (C=O) groups is 1. The molecular formula is C18H24ClFN4O. The molecule has 7 heteroatoms. The van der Waals surface area contributed by atoms with E-state index in [0.717, 1.165) is 42.8 Å². The number of rotatable bonds is 4. The van der Waals surface area contributed by atoms with Crippen LogP contribution in [0.5, 0.6) is 0 Å². The molecular weight excluding hydrogens is 343 g/mol. The molecule has 0 bridgehead atoms. The highest BCUT2D eigenvalue weighted by Gasteiger charge is 2.23. The Kier molecular flexibility index (Phi) is 6.56. The number of hydrogen-bond donors (Lipinski definition) is 2. The molecule has 1 aliphatic rings. The van der Waals surface area contributed by atoms with Crippen LogP contribution in [0.15, 0.2) is 30.5 Å². The molecule has 3 rings (SSSR count). The summed E-state index contributed by atoms with van der Waals surface area (Å²) in [7, 11) is 0. The number of benzene rings is 1. The van der Waals surface area contributed by atoms with Gasteiger partial charge in [-0.2, -0.15) is 5.10 Å². The topological polar surface area (TPSA) is 59.0 Å². The second kappa shape index (κ2) is 8.45. The minimum absolute atomic E-state index is 0. The first-order valence-electron chi connectivity index (χ1n) is 8.40. The van der Waals surface area contributed by atoms with Crippen LogP contribution in [0.1, 0.15) is 43.5 Å². The molecule has 136 valence electrons. The van der Waals surface area contributed by atoms with Gasteiger partial charge in [0.05, 0.1) is 24.0 Å². The van der Waals surface area contributed by atoms with Crippen molar-refractivity contribution < 1.29 is 9.18 Å². The van der Waals surface area contributed by atoms with Gasteiger partial charge in [-0.1, -0.05) is 6.42 Å². The predicted octanol–water partition coefficient (Wildman–Crippen LogP) is 3.06. The highest BCUT2D eigenvalue weighted by molar-refractivity contribution is 5.85. The second-order valence-corrected chi connectivity index (χ2v) is 6.31. The molecule has 2 unspecified atom stereocenters. The summed E-state index contributed by atoms with van der Waals surface area (Å²) in [6.07, 6.45) is 4.86. The first-order chi connectivity index (χ1) is 11.6. The van der Waals surface area contributed by atoms with Crippen LogP contribution in [0.4, 0.5) is 4.39 Å². The summed E-state index contributed by atoms with van der Waals surface area (Å²) in [5, 5.41) is 10.7. The number of piperidine rings is 1. The lowest BCUT2D eigenvalue weighted by Gasteiger charge is -2.24. The van der Waals surface area contributed by atoms with Gasteiger partial charge in [-0.25, -0.2) is 9.07 Å². The Hall–Kier alpha value is -1.92. The molecule has 1 saturated heterocycles. The van der Waals surface area contributed by atoms with Crippen LogP contribution in [0.2, 0.25) is 0 Å². The summed E-state index contributed by atoms with van der Waals surface area (Å²) < 4.78 is 14.8. The van der Waals surface area contributed by atoms with Gasteiger partial charge in [0.2, 0.25) is 5.91 Å². The lowest BCUT2D eigenvalue weighted by atomic mass is 10.0. The van der Waals surface area contributed by atoms with Crippen molar-refractivity contribution in [1.82, 2.24) is 20.4 Å². The SMILES string of the molecule is Cc1c(C(C)NC(=O)C2CCCCN2)cnn1-c1ccc(F)cc1.Cl. The van der Waals surface area contributed by atoms with E-state index in [0.29, 0.717) is 0 Å². The van der Waals surface area contributed by atoms with Crippen LogP contribution in [-0.4, -0.2) is 28.3 Å². The van der Waals surface area contributed by atoms with Crippen molar-refractivity contribution >= 4 is 18.3 Å². The van der Waals surface area contributed by atoms with E-state index in [-0.39, 0.29) is 36.2 Å². The van der Waals surface area contributed by atoms with E-state index in [9.17, 15) is 9.18 Å². The Morgan fingerprint density at radius 3 is 2.72 bits per heavy atom. The van der Waals surface area contributed by atoms with Gasteiger partial charge in [-0.05, 0) is 57.5 Å². The Labute approximate surface area is 153 Å². The summed E-state index contributed by atoms with van der Waals surface area (Å²) in [6, 6.07) is 5.97. The summed E-state index contributed by atoms with van der Waals surface area (Å²) in [5.74, 6) is -0.236. The van der Waals surface area contributed by atoms with Crippen molar-refractivity contribution in [2.24, 2.45) is 0 Å². The van der Waals surface area contributed by atoms with Crippen LogP contribution in [0.25, 0.3) is 5.69 Å². The fraction of sp³-hybridized carbons (Fsp3) is 0.444. The number of aromatic nitrogens is 2. The number of amides is 1. The third-order valence-corrected chi connectivity index (χ3v) is 4.57. The third-order valence-electron chi connectivity index (χ3n) is 4.57. The quantitative estimate of drug-likeness (QED) is 0.874. The van der Waals surface area contributed by atoms with Crippen molar-refractivity contribution in [3.8, 4) is 5.69 Å². The largest absolute Gasteiger partial charge is 0.348 e. The molecule has 0 radical (unpaired) electrons. The highest BCUT2D eigenvalue weighted by atomic mass is 35.5. The van der Waals surface area contributed by atoms with Crippen molar-refractivity contribution in [3.63, 3.8) is 0 Å². The predicted molar refractivity (Wildman–Crippen MR) is 97.7 cm³/mol. The molecule has 1 aromatic carbocycles. The Balaban J connectivity index is 0.00000225. The van der Waals surface area contributed by atoms with Crippen molar-refractivity contribution in [1.29, 1.82) is 0 Å². The Morgan fingerprint density at radius 2 is 2.08 bits per heavy atom. The Morgan fingerprint density at radius 1 is 1.36 bits per heavy atom. The van der Waals surface area contributed by atoms with Gasteiger partial charge in [0.1, 0.15) is 5.82 Å². The number of nitrogens with one attached hydrogen (secondary N) is 2. The normalized spacial score (nSPS) is 18.3. The minimum Gasteiger partial charge on any atom is -0.348 e. The molecule has 2 N–H and O–H groups in total. The average molecular weight is 367 g/mol. The molecule has 5 nitrogen and oxygen atoms in total. The van der Waals surface area contributed by atoms with E-state index in [1.807, 2.05) is 13.8 Å². The molecule has 1 amide bonds. The fourth-order valence-electron chi connectivity index (χ4n) is 3.16. The summed E-state index contributed by atoms with van der Waals surface area (Å²) in [5.41, 5.74) is 2.70. The van der Waals surface area contributed by atoms with Gasteiger partial charge >= 0.3 is 0 Å². The van der Waals surface area contributed by atoms with Gasteiger partial charge < -0.3 is 10.6 Å². The number of halogens is 2. The zero-order valence-corrected chi connectivity index (χ0v) is 15.3. The van der Waals surface area contributed by atoms with Crippen LogP contribution in [0, 0.1) is 12.7 Å². The maximum absolute atomic E-state index is 13.1. The molecule has 0 aliphatic carbocycles. The third kappa shape index (κ3) is 4.38. The van der Waals surface area contributed by atoms with Crippen molar-refractivity contribution in [3.05, 3.63) is 47.5 Å². The van der Waals surface area contributed by atoms with Gasteiger partial charge in [0.15, 0.2) is 0 Å². The molecule has 2 heterocycles. The molecule has 25 heavy (non-hydrogen) atoms. The molecule has 1 fully saturated rings.